The van der Waals surface area contributed by atoms with Gasteiger partial charge in [0, 0.05) is 4.47 Å². The lowest BCUT2D eigenvalue weighted by molar-refractivity contribution is 0.145. The van der Waals surface area contributed by atoms with Gasteiger partial charge >= 0.3 is 0 Å². The second-order valence-corrected chi connectivity index (χ2v) is 3.75. The highest BCUT2D eigenvalue weighted by Gasteiger charge is 2.16. The summed E-state index contributed by atoms with van der Waals surface area (Å²) in [4.78, 5) is 3.46. The van der Waals surface area contributed by atoms with Gasteiger partial charge < -0.3 is 0 Å². The molecular weight excluding hydrogens is 310 g/mol. The largest absolute Gasteiger partial charge is 0.281 e. The third kappa shape index (κ3) is 2.23. The Hall–Kier alpha value is -0.540. The van der Waals surface area contributed by atoms with Crippen LogP contribution in [0.2, 0.25) is 0 Å². The van der Waals surface area contributed by atoms with E-state index in [9.17, 15) is 8.78 Å². The number of nitriles is 1. The van der Waals surface area contributed by atoms with Crippen molar-refractivity contribution in [2.24, 2.45) is 0 Å². The van der Waals surface area contributed by atoms with Crippen LogP contribution in [0.4, 0.5) is 8.78 Å². The van der Waals surface area contributed by atoms with Crippen LogP contribution in [0.5, 0.6) is 0 Å². The second kappa shape index (κ2) is 4.11. The number of aromatic nitrogens is 1. The quantitative estimate of drug-likeness (QED) is 0.797. The Morgan fingerprint density at radius 2 is 2.08 bits per heavy atom. The molecule has 0 amide bonds. The summed E-state index contributed by atoms with van der Waals surface area (Å²) in [6.07, 6.45) is -2.70. The molecule has 0 fully saturated rings. The van der Waals surface area contributed by atoms with Crippen LogP contribution in [0.1, 0.15) is 17.8 Å². The Kier molecular flexibility index (Phi) is 3.33. The van der Waals surface area contributed by atoms with Crippen molar-refractivity contribution in [2.75, 3.05) is 0 Å². The summed E-state index contributed by atoms with van der Waals surface area (Å²) >= 11 is 5.98. The maximum absolute atomic E-state index is 12.3. The monoisotopic (exact) mass is 310 g/mol. The van der Waals surface area contributed by atoms with Crippen LogP contribution in [0.3, 0.4) is 0 Å². The number of nitrogens with zero attached hydrogens (tertiary/aromatic N) is 2. The lowest BCUT2D eigenvalue weighted by Crippen LogP contribution is -1.95. The summed E-state index contributed by atoms with van der Waals surface area (Å²) in [7, 11) is 0. The molecule has 0 bridgehead atoms. The fraction of sp³-hybridized carbons (Fsp3) is 0.143. The molecule has 13 heavy (non-hydrogen) atoms. The lowest BCUT2D eigenvalue weighted by Gasteiger charge is -2.04. The van der Waals surface area contributed by atoms with Crippen LogP contribution < -0.4 is 0 Å². The zero-order valence-electron chi connectivity index (χ0n) is 6.06. The summed E-state index contributed by atoms with van der Waals surface area (Å²) in [5.74, 6) is 0. The van der Waals surface area contributed by atoms with E-state index >= 15 is 0 Å². The van der Waals surface area contributed by atoms with Crippen LogP contribution >= 0.6 is 31.9 Å². The number of alkyl halides is 2. The highest BCUT2D eigenvalue weighted by Crippen LogP contribution is 2.32. The molecule has 1 rings (SSSR count). The van der Waals surface area contributed by atoms with Crippen molar-refractivity contribution in [1.82, 2.24) is 4.98 Å². The van der Waals surface area contributed by atoms with Gasteiger partial charge in [0.25, 0.3) is 6.43 Å². The molecule has 1 aromatic heterocycles. The minimum atomic E-state index is -2.70. The minimum absolute atomic E-state index is 0.0367. The normalized spacial score (nSPS) is 10.2. The van der Waals surface area contributed by atoms with Crippen molar-refractivity contribution in [3.63, 3.8) is 0 Å². The van der Waals surface area contributed by atoms with E-state index < -0.39 is 12.1 Å². The first-order valence-electron chi connectivity index (χ1n) is 3.10. The number of pyridine rings is 1. The average molecular weight is 312 g/mol. The molecule has 0 saturated heterocycles. The average Bonchev–Trinajstić information content (AvgIpc) is 2.09. The molecular formula is C7H2Br2F2N2. The fourth-order valence-corrected chi connectivity index (χ4v) is 1.51. The Labute approximate surface area is 89.8 Å². The van der Waals surface area contributed by atoms with Gasteiger partial charge in [0.05, 0.1) is 4.47 Å². The smallest absolute Gasteiger partial charge is 0.235 e. The van der Waals surface area contributed by atoms with E-state index in [-0.39, 0.29) is 10.2 Å². The molecule has 2 nitrogen and oxygen atoms in total. The van der Waals surface area contributed by atoms with Crippen molar-refractivity contribution in [3.05, 3.63) is 26.4 Å². The van der Waals surface area contributed by atoms with Crippen molar-refractivity contribution < 1.29 is 8.78 Å². The molecule has 0 unspecified atom stereocenters. The van der Waals surface area contributed by atoms with Crippen LogP contribution in [0, 0.1) is 11.3 Å². The van der Waals surface area contributed by atoms with Crippen molar-refractivity contribution in [3.8, 4) is 6.07 Å². The molecule has 1 heterocycles. The van der Waals surface area contributed by atoms with Crippen molar-refractivity contribution in [2.45, 2.75) is 6.43 Å². The molecule has 0 aliphatic rings. The van der Waals surface area contributed by atoms with E-state index in [1.54, 1.807) is 6.07 Å². The minimum Gasteiger partial charge on any atom is -0.235 e. The maximum Gasteiger partial charge on any atom is 0.281 e. The Bertz CT molecular complexity index is 373. The molecule has 0 saturated carbocycles. The highest BCUT2D eigenvalue weighted by molar-refractivity contribution is 9.13. The van der Waals surface area contributed by atoms with Crippen LogP contribution in [0.15, 0.2) is 15.0 Å². The Balaban J connectivity index is 3.35. The summed E-state index contributed by atoms with van der Waals surface area (Å²) in [5, 5.41) is 8.47. The first-order chi connectivity index (χ1) is 6.06. The van der Waals surface area contributed by atoms with E-state index in [1.165, 1.54) is 6.07 Å². The van der Waals surface area contributed by atoms with Crippen LogP contribution in [-0.2, 0) is 0 Å². The SMILES string of the molecule is N#Cc1cc(Br)c(Br)c(C(F)F)n1. The van der Waals surface area contributed by atoms with Gasteiger partial charge in [0.15, 0.2) is 0 Å². The molecule has 0 aromatic carbocycles. The van der Waals surface area contributed by atoms with Gasteiger partial charge in [0.2, 0.25) is 0 Å². The van der Waals surface area contributed by atoms with Gasteiger partial charge in [-0.15, -0.1) is 0 Å². The van der Waals surface area contributed by atoms with E-state index in [2.05, 4.69) is 36.8 Å². The van der Waals surface area contributed by atoms with Gasteiger partial charge in [0.1, 0.15) is 17.5 Å². The summed E-state index contributed by atoms with van der Waals surface area (Å²) in [6.45, 7) is 0. The topological polar surface area (TPSA) is 36.7 Å². The van der Waals surface area contributed by atoms with Gasteiger partial charge in [-0.1, -0.05) is 0 Å². The third-order valence-corrected chi connectivity index (χ3v) is 3.25. The summed E-state index contributed by atoms with van der Waals surface area (Å²) in [6, 6.07) is 3.07. The molecule has 0 radical (unpaired) electrons. The lowest BCUT2D eigenvalue weighted by atomic mass is 10.3. The van der Waals surface area contributed by atoms with E-state index in [0.717, 1.165) is 0 Å². The van der Waals surface area contributed by atoms with Crippen molar-refractivity contribution in [1.29, 1.82) is 5.26 Å². The Morgan fingerprint density at radius 3 is 2.54 bits per heavy atom. The van der Waals surface area contributed by atoms with Crippen LogP contribution in [-0.4, -0.2) is 4.98 Å². The third-order valence-electron chi connectivity index (χ3n) is 1.26. The molecule has 0 N–H and O–H groups in total. The van der Waals surface area contributed by atoms with Gasteiger partial charge in [-0.25, -0.2) is 13.8 Å². The Morgan fingerprint density at radius 1 is 1.46 bits per heavy atom. The molecule has 0 spiro atoms. The van der Waals surface area contributed by atoms with Gasteiger partial charge in [-0.2, -0.15) is 5.26 Å². The maximum atomic E-state index is 12.3. The van der Waals surface area contributed by atoms with Gasteiger partial charge in [-0.05, 0) is 37.9 Å². The fourth-order valence-electron chi connectivity index (χ4n) is 0.719. The summed E-state index contributed by atoms with van der Waals surface area (Å²) in [5.41, 5.74) is -0.462. The second-order valence-electron chi connectivity index (χ2n) is 2.10. The number of hydrogen-bond donors (Lipinski definition) is 0. The van der Waals surface area contributed by atoms with Crippen molar-refractivity contribution >= 4 is 31.9 Å². The number of rotatable bonds is 1. The predicted molar refractivity (Wildman–Crippen MR) is 49.3 cm³/mol. The summed E-state index contributed by atoms with van der Waals surface area (Å²) < 4.78 is 25.2. The molecule has 1 aromatic rings. The van der Waals surface area contributed by atoms with Crippen LogP contribution in [0.25, 0.3) is 0 Å². The first-order valence-corrected chi connectivity index (χ1v) is 4.69. The van der Waals surface area contributed by atoms with E-state index in [1.807, 2.05) is 0 Å². The highest BCUT2D eigenvalue weighted by atomic mass is 79.9. The molecule has 0 atom stereocenters. The molecule has 6 heteroatoms. The predicted octanol–water partition coefficient (Wildman–Crippen LogP) is 3.42. The van der Waals surface area contributed by atoms with E-state index in [0.29, 0.717) is 4.47 Å². The van der Waals surface area contributed by atoms with E-state index in [4.69, 9.17) is 5.26 Å². The number of halogens is 4. The first kappa shape index (κ1) is 10.5. The van der Waals surface area contributed by atoms with Gasteiger partial charge in [-0.3, -0.25) is 0 Å². The molecule has 68 valence electrons. The molecule has 0 aliphatic heterocycles. The zero-order chi connectivity index (χ0) is 10.0. The number of hydrogen-bond acceptors (Lipinski definition) is 2. The zero-order valence-corrected chi connectivity index (χ0v) is 9.23. The standard InChI is InChI=1S/C7H2Br2F2N2/c8-4-1-3(2-12)13-6(5(4)9)7(10)11/h1,7H. The molecule has 0 aliphatic carbocycles.